The van der Waals surface area contributed by atoms with Crippen LogP contribution in [0.4, 0.5) is 0 Å². The second kappa shape index (κ2) is 7.01. The molecule has 0 bridgehead atoms. The minimum absolute atomic E-state index is 0.466. The van der Waals surface area contributed by atoms with Crippen LogP contribution in [0.5, 0.6) is 11.5 Å². The highest BCUT2D eigenvalue weighted by atomic mass is 79.9. The maximum Gasteiger partial charge on any atom is 0.174 e. The molecule has 118 valence electrons. The summed E-state index contributed by atoms with van der Waals surface area (Å²) < 4.78 is 11.7. The first-order valence-corrected chi connectivity index (χ1v) is 8.38. The summed E-state index contributed by atoms with van der Waals surface area (Å²) in [6.07, 6.45) is 5.19. The average Bonchev–Trinajstić information content (AvgIpc) is 2.43. The standard InChI is InChI=1S/C17H26BrNO2/c1-17(2)7-5-6-13(10-17)19-11-12-8-14(18)16(21-4)15(9-12)20-3/h8-9,13,19H,5-7,10-11H2,1-4H3. The topological polar surface area (TPSA) is 30.5 Å². The first kappa shape index (κ1) is 16.6. The Balaban J connectivity index is 2.02. The van der Waals surface area contributed by atoms with Crippen LogP contribution in [0.3, 0.4) is 0 Å². The minimum Gasteiger partial charge on any atom is -0.493 e. The molecule has 1 aliphatic rings. The molecule has 1 fully saturated rings. The normalized spacial score (nSPS) is 21.1. The molecule has 21 heavy (non-hydrogen) atoms. The molecule has 0 spiro atoms. The van der Waals surface area contributed by atoms with Crippen LogP contribution in [0.1, 0.15) is 45.1 Å². The van der Waals surface area contributed by atoms with Gasteiger partial charge in [-0.2, -0.15) is 0 Å². The molecular formula is C17H26BrNO2. The van der Waals surface area contributed by atoms with E-state index in [1.807, 2.05) is 6.07 Å². The Hall–Kier alpha value is -0.740. The van der Waals surface area contributed by atoms with Gasteiger partial charge in [-0.1, -0.05) is 20.3 Å². The molecule has 3 nitrogen and oxygen atoms in total. The largest absolute Gasteiger partial charge is 0.493 e. The Labute approximate surface area is 136 Å². The molecule has 0 amide bonds. The van der Waals surface area contributed by atoms with Crippen molar-refractivity contribution in [3.8, 4) is 11.5 Å². The van der Waals surface area contributed by atoms with Gasteiger partial charge in [-0.15, -0.1) is 0 Å². The molecule has 2 rings (SSSR count). The van der Waals surface area contributed by atoms with Crippen LogP contribution < -0.4 is 14.8 Å². The van der Waals surface area contributed by atoms with E-state index < -0.39 is 0 Å². The summed E-state index contributed by atoms with van der Waals surface area (Å²) >= 11 is 3.55. The van der Waals surface area contributed by atoms with Gasteiger partial charge < -0.3 is 14.8 Å². The molecule has 1 atom stereocenters. The van der Waals surface area contributed by atoms with E-state index in [0.717, 1.165) is 22.5 Å². The van der Waals surface area contributed by atoms with Crippen molar-refractivity contribution in [3.63, 3.8) is 0 Å². The lowest BCUT2D eigenvalue weighted by Gasteiger charge is -2.35. The lowest BCUT2D eigenvalue weighted by molar-refractivity contribution is 0.197. The van der Waals surface area contributed by atoms with Crippen molar-refractivity contribution >= 4 is 15.9 Å². The smallest absolute Gasteiger partial charge is 0.174 e. The van der Waals surface area contributed by atoms with E-state index in [1.54, 1.807) is 14.2 Å². The molecule has 0 aliphatic heterocycles. The number of nitrogens with one attached hydrogen (secondary N) is 1. The van der Waals surface area contributed by atoms with Crippen LogP contribution in [-0.4, -0.2) is 20.3 Å². The molecule has 4 heteroatoms. The van der Waals surface area contributed by atoms with Gasteiger partial charge in [0, 0.05) is 12.6 Å². The number of halogens is 1. The van der Waals surface area contributed by atoms with Crippen molar-refractivity contribution in [2.24, 2.45) is 5.41 Å². The van der Waals surface area contributed by atoms with Crippen molar-refractivity contribution in [1.29, 1.82) is 0 Å². The fraction of sp³-hybridized carbons (Fsp3) is 0.647. The van der Waals surface area contributed by atoms with Gasteiger partial charge in [0.1, 0.15) is 0 Å². The fourth-order valence-electron chi connectivity index (χ4n) is 3.21. The predicted molar refractivity (Wildman–Crippen MR) is 90.1 cm³/mol. The first-order valence-electron chi connectivity index (χ1n) is 7.59. The van der Waals surface area contributed by atoms with E-state index in [1.165, 1.54) is 31.2 Å². The maximum absolute atomic E-state index is 5.40. The van der Waals surface area contributed by atoms with Crippen LogP contribution >= 0.6 is 15.9 Å². The van der Waals surface area contributed by atoms with E-state index in [0.29, 0.717) is 11.5 Å². The highest BCUT2D eigenvalue weighted by Crippen LogP contribution is 2.37. The van der Waals surface area contributed by atoms with E-state index in [9.17, 15) is 0 Å². The number of rotatable bonds is 5. The molecule has 1 aliphatic carbocycles. The Bertz CT molecular complexity index is 488. The van der Waals surface area contributed by atoms with Crippen LogP contribution in [-0.2, 0) is 6.54 Å². The van der Waals surface area contributed by atoms with Crippen molar-refractivity contribution < 1.29 is 9.47 Å². The number of ether oxygens (including phenoxy) is 2. The zero-order chi connectivity index (χ0) is 15.5. The second-order valence-electron chi connectivity index (χ2n) is 6.65. The predicted octanol–water partition coefficient (Wildman–Crippen LogP) is 4.52. The fourth-order valence-corrected chi connectivity index (χ4v) is 3.86. The minimum atomic E-state index is 0.466. The van der Waals surface area contributed by atoms with Gasteiger partial charge in [-0.25, -0.2) is 0 Å². The molecule has 0 aromatic heterocycles. The first-order chi connectivity index (χ1) is 9.95. The van der Waals surface area contributed by atoms with Crippen LogP contribution in [0.15, 0.2) is 16.6 Å². The summed E-state index contributed by atoms with van der Waals surface area (Å²) in [6.45, 7) is 5.60. The molecule has 1 saturated carbocycles. The van der Waals surface area contributed by atoms with Gasteiger partial charge in [0.05, 0.1) is 18.7 Å². The van der Waals surface area contributed by atoms with E-state index in [2.05, 4.69) is 41.2 Å². The number of methoxy groups -OCH3 is 2. The SMILES string of the molecule is COc1cc(CNC2CCCC(C)(C)C2)cc(Br)c1OC. The van der Waals surface area contributed by atoms with Crippen LogP contribution in [0, 0.1) is 5.41 Å². The molecule has 0 radical (unpaired) electrons. The molecule has 0 heterocycles. The van der Waals surface area contributed by atoms with Crippen molar-refractivity contribution in [1.82, 2.24) is 5.32 Å². The van der Waals surface area contributed by atoms with Gasteiger partial charge >= 0.3 is 0 Å². The third-order valence-electron chi connectivity index (χ3n) is 4.29. The zero-order valence-corrected chi connectivity index (χ0v) is 15.0. The monoisotopic (exact) mass is 355 g/mol. The maximum atomic E-state index is 5.40. The molecule has 1 aromatic rings. The summed E-state index contributed by atoms with van der Waals surface area (Å²) in [4.78, 5) is 0. The summed E-state index contributed by atoms with van der Waals surface area (Å²) in [5.74, 6) is 1.52. The summed E-state index contributed by atoms with van der Waals surface area (Å²) in [6, 6.07) is 4.76. The number of hydrogen-bond donors (Lipinski definition) is 1. The van der Waals surface area contributed by atoms with Gasteiger partial charge in [0.15, 0.2) is 11.5 Å². The van der Waals surface area contributed by atoms with Gasteiger partial charge in [0.25, 0.3) is 0 Å². The Kier molecular flexibility index (Phi) is 5.55. The molecule has 1 aromatic carbocycles. The summed E-state index contributed by atoms with van der Waals surface area (Å²) in [7, 11) is 3.33. The molecule has 1 unspecified atom stereocenters. The summed E-state index contributed by atoms with van der Waals surface area (Å²) in [5, 5.41) is 3.69. The van der Waals surface area contributed by atoms with Gasteiger partial charge in [-0.3, -0.25) is 0 Å². The van der Waals surface area contributed by atoms with Gasteiger partial charge in [0.2, 0.25) is 0 Å². The van der Waals surface area contributed by atoms with Crippen molar-refractivity contribution in [3.05, 3.63) is 22.2 Å². The van der Waals surface area contributed by atoms with E-state index in [4.69, 9.17) is 9.47 Å². The molecular weight excluding hydrogens is 330 g/mol. The Morgan fingerprint density at radius 2 is 2.05 bits per heavy atom. The third-order valence-corrected chi connectivity index (χ3v) is 4.88. The van der Waals surface area contributed by atoms with Crippen molar-refractivity contribution in [2.45, 2.75) is 52.1 Å². The lowest BCUT2D eigenvalue weighted by Crippen LogP contribution is -2.36. The van der Waals surface area contributed by atoms with Crippen molar-refractivity contribution in [2.75, 3.05) is 14.2 Å². The molecule has 0 saturated heterocycles. The Morgan fingerprint density at radius 3 is 2.67 bits per heavy atom. The lowest BCUT2D eigenvalue weighted by atomic mass is 9.75. The quantitative estimate of drug-likeness (QED) is 0.841. The van der Waals surface area contributed by atoms with E-state index >= 15 is 0 Å². The van der Waals surface area contributed by atoms with Crippen LogP contribution in [0.2, 0.25) is 0 Å². The highest BCUT2D eigenvalue weighted by Gasteiger charge is 2.27. The summed E-state index contributed by atoms with van der Waals surface area (Å²) in [5.41, 5.74) is 1.68. The zero-order valence-electron chi connectivity index (χ0n) is 13.5. The molecule has 1 N–H and O–H groups in total. The van der Waals surface area contributed by atoms with Crippen LogP contribution in [0.25, 0.3) is 0 Å². The Morgan fingerprint density at radius 1 is 1.29 bits per heavy atom. The second-order valence-corrected chi connectivity index (χ2v) is 7.51. The van der Waals surface area contributed by atoms with E-state index in [-0.39, 0.29) is 0 Å². The number of hydrogen-bond acceptors (Lipinski definition) is 3. The third kappa shape index (κ3) is 4.36. The van der Waals surface area contributed by atoms with Gasteiger partial charge in [-0.05, 0) is 58.3 Å². The number of benzene rings is 1. The average molecular weight is 356 g/mol. The highest BCUT2D eigenvalue weighted by molar-refractivity contribution is 9.10.